The van der Waals surface area contributed by atoms with Gasteiger partial charge in [-0.2, -0.15) is 5.26 Å². The number of fused-ring (bicyclic) bond motifs is 1. The van der Waals surface area contributed by atoms with E-state index >= 15 is 0 Å². The Morgan fingerprint density at radius 3 is 2.58 bits per heavy atom. The lowest BCUT2D eigenvalue weighted by Crippen LogP contribution is -2.23. The summed E-state index contributed by atoms with van der Waals surface area (Å²) >= 11 is 0. The second-order valence-electron chi connectivity index (χ2n) is 4.33. The van der Waals surface area contributed by atoms with Crippen molar-refractivity contribution >= 4 is 22.7 Å². The number of benzene rings is 2. The van der Waals surface area contributed by atoms with Crippen LogP contribution in [-0.4, -0.2) is 19.4 Å². The quantitative estimate of drug-likeness (QED) is 0.766. The summed E-state index contributed by atoms with van der Waals surface area (Å²) in [6.45, 7) is 3.61. The summed E-state index contributed by atoms with van der Waals surface area (Å²) in [4.78, 5) is 13.3. The molecule has 0 aromatic heterocycles. The smallest absolute Gasteiger partial charge is 0.150 e. The van der Waals surface area contributed by atoms with Gasteiger partial charge in [-0.1, -0.05) is 24.3 Å². The first-order valence-corrected chi connectivity index (χ1v) is 6.40. The zero-order valence-corrected chi connectivity index (χ0v) is 11.0. The summed E-state index contributed by atoms with van der Waals surface area (Å²) < 4.78 is 0. The van der Waals surface area contributed by atoms with E-state index in [4.69, 9.17) is 5.26 Å². The van der Waals surface area contributed by atoms with Gasteiger partial charge in [-0.15, -0.1) is 0 Å². The molecule has 0 unspecified atom stereocenters. The number of anilines is 1. The molecule has 0 fully saturated rings. The molecule has 19 heavy (non-hydrogen) atoms. The largest absolute Gasteiger partial charge is 0.370 e. The molecule has 0 N–H and O–H groups in total. The maximum Gasteiger partial charge on any atom is 0.150 e. The number of aldehydes is 1. The zero-order chi connectivity index (χ0) is 13.7. The summed E-state index contributed by atoms with van der Waals surface area (Å²) in [5.41, 5.74) is 1.79. The number of hydrogen-bond donors (Lipinski definition) is 0. The predicted octanol–water partition coefficient (Wildman–Crippen LogP) is 3.39. The Morgan fingerprint density at radius 2 is 1.95 bits per heavy atom. The van der Waals surface area contributed by atoms with E-state index in [1.807, 2.05) is 36.4 Å². The molecule has 0 radical (unpaired) electrons. The molecule has 0 aliphatic rings. The van der Waals surface area contributed by atoms with Crippen LogP contribution >= 0.6 is 0 Å². The Bertz CT molecular complexity index is 628. The third-order valence-electron chi connectivity index (χ3n) is 3.28. The SMILES string of the molecule is CCN(CCC#N)c1ccc(C=O)c2ccccc12. The Morgan fingerprint density at radius 1 is 1.21 bits per heavy atom. The topological polar surface area (TPSA) is 44.1 Å². The summed E-state index contributed by atoms with van der Waals surface area (Å²) in [7, 11) is 0. The van der Waals surface area contributed by atoms with Crippen molar-refractivity contribution in [3.63, 3.8) is 0 Å². The van der Waals surface area contributed by atoms with E-state index in [-0.39, 0.29) is 0 Å². The fourth-order valence-corrected chi connectivity index (χ4v) is 2.32. The van der Waals surface area contributed by atoms with E-state index in [0.717, 1.165) is 29.3 Å². The Kier molecular flexibility index (Phi) is 4.15. The molecule has 2 aromatic carbocycles. The molecule has 0 amide bonds. The summed E-state index contributed by atoms with van der Waals surface area (Å²) in [5.74, 6) is 0. The van der Waals surface area contributed by atoms with Crippen LogP contribution in [0.4, 0.5) is 5.69 Å². The van der Waals surface area contributed by atoms with Crippen molar-refractivity contribution in [2.75, 3.05) is 18.0 Å². The van der Waals surface area contributed by atoms with Crippen LogP contribution in [0.1, 0.15) is 23.7 Å². The van der Waals surface area contributed by atoms with Gasteiger partial charge in [0, 0.05) is 29.7 Å². The second-order valence-corrected chi connectivity index (χ2v) is 4.33. The molecule has 0 heterocycles. The van der Waals surface area contributed by atoms with E-state index < -0.39 is 0 Å². The average molecular weight is 252 g/mol. The molecule has 0 saturated carbocycles. The number of carbonyl (C=O) groups excluding carboxylic acids is 1. The lowest BCUT2D eigenvalue weighted by molar-refractivity contribution is 0.112. The van der Waals surface area contributed by atoms with Gasteiger partial charge in [0.25, 0.3) is 0 Å². The highest BCUT2D eigenvalue weighted by Crippen LogP contribution is 2.29. The molecule has 3 heteroatoms. The van der Waals surface area contributed by atoms with Gasteiger partial charge in [-0.3, -0.25) is 4.79 Å². The standard InChI is InChI=1S/C16H16N2O/c1-2-18(11-5-10-17)16-9-8-13(12-19)14-6-3-4-7-15(14)16/h3-4,6-9,12H,2,5,11H2,1H3. The van der Waals surface area contributed by atoms with E-state index in [0.29, 0.717) is 18.5 Å². The first-order valence-electron chi connectivity index (χ1n) is 6.40. The molecule has 2 aromatic rings. The van der Waals surface area contributed by atoms with Crippen molar-refractivity contribution in [3.8, 4) is 6.07 Å². The van der Waals surface area contributed by atoms with E-state index in [2.05, 4.69) is 17.9 Å². The number of rotatable bonds is 5. The van der Waals surface area contributed by atoms with Crippen molar-refractivity contribution in [2.45, 2.75) is 13.3 Å². The van der Waals surface area contributed by atoms with Gasteiger partial charge in [-0.05, 0) is 24.4 Å². The average Bonchev–Trinajstić information content (AvgIpc) is 2.48. The van der Waals surface area contributed by atoms with Crippen LogP contribution < -0.4 is 4.90 Å². The van der Waals surface area contributed by atoms with Crippen molar-refractivity contribution < 1.29 is 4.79 Å². The lowest BCUT2D eigenvalue weighted by atomic mass is 10.0. The molecular formula is C16H16N2O. The van der Waals surface area contributed by atoms with E-state index in [1.165, 1.54) is 0 Å². The maximum absolute atomic E-state index is 11.1. The third kappa shape index (κ3) is 2.58. The van der Waals surface area contributed by atoms with Crippen molar-refractivity contribution in [1.82, 2.24) is 0 Å². The molecule has 0 aliphatic carbocycles. The molecule has 0 bridgehead atoms. The van der Waals surface area contributed by atoms with Crippen LogP contribution in [0.5, 0.6) is 0 Å². The van der Waals surface area contributed by atoms with Crippen LogP contribution in [0.3, 0.4) is 0 Å². The van der Waals surface area contributed by atoms with Gasteiger partial charge in [0.15, 0.2) is 6.29 Å². The van der Waals surface area contributed by atoms with Crippen LogP contribution in [0.25, 0.3) is 10.8 Å². The van der Waals surface area contributed by atoms with E-state index in [1.54, 1.807) is 0 Å². The fraction of sp³-hybridized carbons (Fsp3) is 0.250. The number of nitrogens with zero attached hydrogens (tertiary/aromatic N) is 2. The summed E-state index contributed by atoms with van der Waals surface area (Å²) in [5, 5.41) is 10.8. The predicted molar refractivity (Wildman–Crippen MR) is 77.5 cm³/mol. The number of carbonyl (C=O) groups is 1. The number of hydrogen-bond acceptors (Lipinski definition) is 3. The molecular weight excluding hydrogens is 236 g/mol. The van der Waals surface area contributed by atoms with Crippen LogP contribution in [-0.2, 0) is 0 Å². The molecule has 0 aliphatic heterocycles. The van der Waals surface area contributed by atoms with Gasteiger partial charge in [0.05, 0.1) is 12.5 Å². The molecule has 0 atom stereocenters. The lowest BCUT2D eigenvalue weighted by Gasteiger charge is -2.24. The summed E-state index contributed by atoms with van der Waals surface area (Å²) in [6, 6.07) is 13.9. The monoisotopic (exact) mass is 252 g/mol. The number of nitriles is 1. The minimum atomic E-state index is 0.498. The maximum atomic E-state index is 11.1. The highest BCUT2D eigenvalue weighted by molar-refractivity contribution is 6.04. The Hall–Kier alpha value is -2.34. The van der Waals surface area contributed by atoms with Gasteiger partial charge >= 0.3 is 0 Å². The first-order chi connectivity index (χ1) is 9.31. The third-order valence-corrected chi connectivity index (χ3v) is 3.28. The highest BCUT2D eigenvalue weighted by atomic mass is 16.1. The zero-order valence-electron chi connectivity index (χ0n) is 11.0. The fourth-order valence-electron chi connectivity index (χ4n) is 2.32. The van der Waals surface area contributed by atoms with Gasteiger partial charge in [0.1, 0.15) is 0 Å². The summed E-state index contributed by atoms with van der Waals surface area (Å²) in [6.07, 6.45) is 1.38. The molecule has 0 spiro atoms. The van der Waals surface area contributed by atoms with E-state index in [9.17, 15) is 4.79 Å². The molecule has 3 nitrogen and oxygen atoms in total. The molecule has 2 rings (SSSR count). The molecule has 96 valence electrons. The van der Waals surface area contributed by atoms with Crippen LogP contribution in [0.15, 0.2) is 36.4 Å². The van der Waals surface area contributed by atoms with Crippen LogP contribution in [0, 0.1) is 11.3 Å². The molecule has 0 saturated heterocycles. The Labute approximate surface area is 113 Å². The van der Waals surface area contributed by atoms with Crippen molar-refractivity contribution in [1.29, 1.82) is 5.26 Å². The minimum Gasteiger partial charge on any atom is -0.370 e. The highest BCUT2D eigenvalue weighted by Gasteiger charge is 2.10. The minimum absolute atomic E-state index is 0.498. The van der Waals surface area contributed by atoms with Gasteiger partial charge in [-0.25, -0.2) is 0 Å². The first kappa shape index (κ1) is 13.1. The van der Waals surface area contributed by atoms with Crippen molar-refractivity contribution in [3.05, 3.63) is 42.0 Å². The van der Waals surface area contributed by atoms with Gasteiger partial charge in [0.2, 0.25) is 0 Å². The second kappa shape index (κ2) is 6.01. The normalized spacial score (nSPS) is 10.1. The Balaban J connectivity index is 2.55. The van der Waals surface area contributed by atoms with Crippen LogP contribution in [0.2, 0.25) is 0 Å². The van der Waals surface area contributed by atoms with Crippen molar-refractivity contribution in [2.24, 2.45) is 0 Å². The van der Waals surface area contributed by atoms with Gasteiger partial charge < -0.3 is 4.90 Å².